The Balaban J connectivity index is 1.73. The first-order chi connectivity index (χ1) is 14.7. The van der Waals surface area contributed by atoms with Gasteiger partial charge in [0.2, 0.25) is 5.91 Å². The third-order valence-electron chi connectivity index (χ3n) is 4.94. The molecule has 4 rings (SSSR count). The quantitative estimate of drug-likeness (QED) is 0.517. The lowest BCUT2D eigenvalue weighted by atomic mass is 10.1. The minimum atomic E-state index is -2.71. The van der Waals surface area contributed by atoms with E-state index in [1.165, 1.54) is 10.7 Å². The number of nitrogens with one attached hydrogen (secondary N) is 1. The van der Waals surface area contributed by atoms with Crippen LogP contribution < -0.4 is 5.32 Å². The molecule has 3 heterocycles. The van der Waals surface area contributed by atoms with Gasteiger partial charge in [-0.25, -0.2) is 18.4 Å². The minimum absolute atomic E-state index is 0.149. The lowest BCUT2D eigenvalue weighted by molar-refractivity contribution is -0.116. The van der Waals surface area contributed by atoms with Crippen LogP contribution in [0.15, 0.2) is 36.7 Å². The van der Waals surface area contributed by atoms with E-state index in [2.05, 4.69) is 20.5 Å². The Labute approximate surface area is 177 Å². The average Bonchev–Trinajstić information content (AvgIpc) is 3.24. The molecule has 4 aromatic rings. The van der Waals surface area contributed by atoms with Gasteiger partial charge in [-0.1, -0.05) is 6.07 Å². The maximum absolute atomic E-state index is 13.8. The molecule has 0 unspecified atom stereocenters. The Hall–Kier alpha value is -3.62. The van der Waals surface area contributed by atoms with Crippen molar-refractivity contribution < 1.29 is 13.6 Å². The second-order valence-electron chi connectivity index (χ2n) is 7.67. The van der Waals surface area contributed by atoms with E-state index in [1.807, 2.05) is 32.0 Å². The smallest absolute Gasteiger partial charge is 0.264 e. The van der Waals surface area contributed by atoms with Gasteiger partial charge in [-0.2, -0.15) is 10.2 Å². The van der Waals surface area contributed by atoms with E-state index in [0.717, 1.165) is 11.1 Å². The number of carbonyl (C=O) groups is 1. The Bertz CT molecular complexity index is 1270. The van der Waals surface area contributed by atoms with Gasteiger partial charge in [-0.05, 0) is 50.1 Å². The van der Waals surface area contributed by atoms with E-state index >= 15 is 0 Å². The topological polar surface area (TPSA) is 77.6 Å². The van der Waals surface area contributed by atoms with Crippen molar-refractivity contribution in [2.45, 2.75) is 33.7 Å². The number of hydrogen-bond acceptors (Lipinski definition) is 4. The number of anilines is 1. The Morgan fingerprint density at radius 2 is 1.84 bits per heavy atom. The summed E-state index contributed by atoms with van der Waals surface area (Å²) in [7, 11) is 1.74. The molecular weight excluding hydrogens is 402 g/mol. The van der Waals surface area contributed by atoms with Gasteiger partial charge in [0.25, 0.3) is 6.43 Å². The molecule has 3 aromatic heterocycles. The van der Waals surface area contributed by atoms with Gasteiger partial charge in [0.1, 0.15) is 6.54 Å². The standard InChI is InChI=1S/C22H22F2N6O/c1-12-5-13(2)7-16(6-12)26-19(31)11-30-22-20(14(3)28-30)17(21(23)24)8-18(27-22)15-9-25-29(4)10-15/h5-10,21H,11H2,1-4H3,(H,26,31). The number of aryl methyl sites for hydroxylation is 4. The fourth-order valence-electron chi connectivity index (χ4n) is 3.75. The van der Waals surface area contributed by atoms with Crippen LogP contribution in [-0.2, 0) is 18.4 Å². The summed E-state index contributed by atoms with van der Waals surface area (Å²) in [6, 6.07) is 7.10. The van der Waals surface area contributed by atoms with Crippen LogP contribution in [0, 0.1) is 20.8 Å². The molecule has 7 nitrogen and oxygen atoms in total. The van der Waals surface area contributed by atoms with Crippen molar-refractivity contribution in [3.63, 3.8) is 0 Å². The van der Waals surface area contributed by atoms with Crippen molar-refractivity contribution >= 4 is 22.6 Å². The molecule has 31 heavy (non-hydrogen) atoms. The number of rotatable bonds is 5. The van der Waals surface area contributed by atoms with E-state index in [1.54, 1.807) is 31.0 Å². The lowest BCUT2D eigenvalue weighted by Crippen LogP contribution is -2.20. The van der Waals surface area contributed by atoms with Crippen molar-refractivity contribution in [2.75, 3.05) is 5.32 Å². The van der Waals surface area contributed by atoms with E-state index in [4.69, 9.17) is 0 Å². The highest BCUT2D eigenvalue weighted by molar-refractivity contribution is 5.92. The molecule has 0 atom stereocenters. The molecule has 0 aliphatic heterocycles. The van der Waals surface area contributed by atoms with Gasteiger partial charge in [-0.3, -0.25) is 9.48 Å². The second kappa shape index (κ2) is 7.90. The fourth-order valence-corrected chi connectivity index (χ4v) is 3.75. The molecular formula is C22H22F2N6O. The molecule has 0 saturated heterocycles. The first-order valence-corrected chi connectivity index (χ1v) is 9.74. The highest BCUT2D eigenvalue weighted by Crippen LogP contribution is 2.33. The zero-order valence-electron chi connectivity index (χ0n) is 17.6. The van der Waals surface area contributed by atoms with Crippen LogP contribution in [0.3, 0.4) is 0 Å². The second-order valence-corrected chi connectivity index (χ2v) is 7.67. The molecule has 0 radical (unpaired) electrons. The first kappa shape index (κ1) is 20.6. The molecule has 160 valence electrons. The SMILES string of the molecule is Cc1cc(C)cc(NC(=O)Cn2nc(C)c3c(C(F)F)cc(-c4cnn(C)c4)nc32)c1. The van der Waals surface area contributed by atoms with E-state index in [9.17, 15) is 13.6 Å². The maximum atomic E-state index is 13.8. The number of fused-ring (bicyclic) bond motifs is 1. The van der Waals surface area contributed by atoms with Crippen LogP contribution in [0.4, 0.5) is 14.5 Å². The molecule has 1 N–H and O–H groups in total. The van der Waals surface area contributed by atoms with Crippen LogP contribution in [0.1, 0.15) is 28.8 Å². The van der Waals surface area contributed by atoms with Gasteiger partial charge in [-0.15, -0.1) is 0 Å². The predicted octanol–water partition coefficient (Wildman–Crippen LogP) is 4.33. The fraction of sp³-hybridized carbons (Fsp3) is 0.273. The normalized spacial score (nSPS) is 11.5. The van der Waals surface area contributed by atoms with E-state index < -0.39 is 6.43 Å². The van der Waals surface area contributed by atoms with E-state index in [0.29, 0.717) is 22.6 Å². The summed E-state index contributed by atoms with van der Waals surface area (Å²) in [5, 5.41) is 11.5. The number of amides is 1. The van der Waals surface area contributed by atoms with Gasteiger partial charge < -0.3 is 5.32 Å². The zero-order chi connectivity index (χ0) is 22.3. The first-order valence-electron chi connectivity index (χ1n) is 9.74. The summed E-state index contributed by atoms with van der Waals surface area (Å²) >= 11 is 0. The average molecular weight is 424 g/mol. The molecule has 9 heteroatoms. The lowest BCUT2D eigenvalue weighted by Gasteiger charge is -2.09. The van der Waals surface area contributed by atoms with Crippen molar-refractivity contribution in [3.05, 3.63) is 59.0 Å². The number of hydrogen-bond donors (Lipinski definition) is 1. The summed E-state index contributed by atoms with van der Waals surface area (Å²) in [4.78, 5) is 17.2. The molecule has 0 bridgehead atoms. The third-order valence-corrected chi connectivity index (χ3v) is 4.94. The molecule has 0 saturated carbocycles. The summed E-state index contributed by atoms with van der Waals surface area (Å²) in [5.41, 5.74) is 4.16. The molecule has 0 spiro atoms. The minimum Gasteiger partial charge on any atom is -0.324 e. The number of pyridine rings is 1. The zero-order valence-corrected chi connectivity index (χ0v) is 17.6. The molecule has 0 aliphatic rings. The summed E-state index contributed by atoms with van der Waals surface area (Å²) in [6.07, 6.45) is 0.550. The van der Waals surface area contributed by atoms with Crippen molar-refractivity contribution in [3.8, 4) is 11.3 Å². The Morgan fingerprint density at radius 3 is 2.45 bits per heavy atom. The number of alkyl halides is 2. The Morgan fingerprint density at radius 1 is 1.13 bits per heavy atom. The summed E-state index contributed by atoms with van der Waals surface area (Å²) in [6.45, 7) is 5.38. The number of halogens is 2. The van der Waals surface area contributed by atoms with Crippen LogP contribution in [-0.4, -0.2) is 30.5 Å². The van der Waals surface area contributed by atoms with Crippen molar-refractivity contribution in [1.29, 1.82) is 0 Å². The van der Waals surface area contributed by atoms with Crippen LogP contribution in [0.25, 0.3) is 22.3 Å². The van der Waals surface area contributed by atoms with Crippen LogP contribution >= 0.6 is 0 Å². The van der Waals surface area contributed by atoms with Crippen molar-refractivity contribution in [2.24, 2.45) is 7.05 Å². The molecule has 1 aromatic carbocycles. The third kappa shape index (κ3) is 4.16. The summed E-state index contributed by atoms with van der Waals surface area (Å²) in [5.74, 6) is -0.318. The molecule has 1 amide bonds. The predicted molar refractivity (Wildman–Crippen MR) is 114 cm³/mol. The highest BCUT2D eigenvalue weighted by atomic mass is 19.3. The summed E-state index contributed by atoms with van der Waals surface area (Å²) < 4.78 is 30.6. The Kier molecular flexibility index (Phi) is 5.26. The van der Waals surface area contributed by atoms with Crippen molar-refractivity contribution in [1.82, 2.24) is 24.5 Å². The monoisotopic (exact) mass is 424 g/mol. The number of nitrogens with zero attached hydrogens (tertiary/aromatic N) is 5. The molecule has 0 aliphatic carbocycles. The van der Waals surface area contributed by atoms with E-state index in [-0.39, 0.29) is 29.0 Å². The number of benzene rings is 1. The van der Waals surface area contributed by atoms with Gasteiger partial charge in [0.05, 0.1) is 23.0 Å². The number of carbonyl (C=O) groups excluding carboxylic acids is 1. The highest BCUT2D eigenvalue weighted by Gasteiger charge is 2.22. The van der Waals surface area contributed by atoms with Crippen LogP contribution in [0.2, 0.25) is 0 Å². The largest absolute Gasteiger partial charge is 0.324 e. The number of aromatic nitrogens is 5. The van der Waals surface area contributed by atoms with Gasteiger partial charge in [0, 0.05) is 30.1 Å². The maximum Gasteiger partial charge on any atom is 0.264 e. The van der Waals surface area contributed by atoms with Crippen LogP contribution in [0.5, 0.6) is 0 Å². The van der Waals surface area contributed by atoms with Gasteiger partial charge >= 0.3 is 0 Å². The van der Waals surface area contributed by atoms with Gasteiger partial charge in [0.15, 0.2) is 5.65 Å². The molecule has 0 fully saturated rings.